The van der Waals surface area contributed by atoms with Gasteiger partial charge in [0.2, 0.25) is 0 Å². The Morgan fingerprint density at radius 3 is 2.51 bits per heavy atom. The van der Waals surface area contributed by atoms with Crippen molar-refractivity contribution in [2.75, 3.05) is 50.0 Å². The number of benzene rings is 2. The van der Waals surface area contributed by atoms with Gasteiger partial charge >= 0.3 is 6.18 Å². The van der Waals surface area contributed by atoms with Gasteiger partial charge in [0.1, 0.15) is 11.5 Å². The fraction of sp³-hybridized carbons (Fsp3) is 0.286. The molecule has 0 saturated carbocycles. The number of hydrogen-bond donors (Lipinski definition) is 3. The number of aromatic nitrogens is 4. The highest BCUT2D eigenvalue weighted by Gasteiger charge is 2.34. The summed E-state index contributed by atoms with van der Waals surface area (Å²) in [7, 11) is 1.81. The summed E-state index contributed by atoms with van der Waals surface area (Å²) in [5.41, 5.74) is 2.29. The zero-order valence-electron chi connectivity index (χ0n) is 26.9. The van der Waals surface area contributed by atoms with Crippen molar-refractivity contribution >= 4 is 28.6 Å². The maximum atomic E-state index is 15.1. The Morgan fingerprint density at radius 2 is 1.80 bits per heavy atom. The van der Waals surface area contributed by atoms with E-state index in [1.165, 1.54) is 24.3 Å². The number of aryl methyl sites for hydroxylation is 2. The summed E-state index contributed by atoms with van der Waals surface area (Å²) in [5, 5.41) is 19.0. The van der Waals surface area contributed by atoms with Gasteiger partial charge in [0.05, 0.1) is 41.5 Å². The summed E-state index contributed by atoms with van der Waals surface area (Å²) in [5.74, 6) is 4.30. The molecule has 3 N–H and O–H groups in total. The van der Waals surface area contributed by atoms with Crippen LogP contribution in [0.5, 0.6) is 0 Å². The van der Waals surface area contributed by atoms with Crippen LogP contribution in [-0.2, 0) is 19.8 Å². The van der Waals surface area contributed by atoms with E-state index in [-0.39, 0.29) is 30.0 Å². The van der Waals surface area contributed by atoms with E-state index in [1.54, 1.807) is 34.6 Å². The van der Waals surface area contributed by atoms with Crippen LogP contribution in [0.25, 0.3) is 5.65 Å². The molecule has 1 aliphatic rings. The average Bonchev–Trinajstić information content (AvgIpc) is 3.67. The average molecular weight is 675 g/mol. The Bertz CT molecular complexity index is 2050. The first-order chi connectivity index (χ1) is 23.5. The minimum absolute atomic E-state index is 0.0306. The highest BCUT2D eigenvalue weighted by Crippen LogP contribution is 2.35. The summed E-state index contributed by atoms with van der Waals surface area (Å²) < 4.78 is 60.9. The third-order valence-electron chi connectivity index (χ3n) is 8.35. The summed E-state index contributed by atoms with van der Waals surface area (Å²) in [4.78, 5) is 21.7. The van der Waals surface area contributed by atoms with Gasteiger partial charge in [-0.2, -0.15) is 18.3 Å². The van der Waals surface area contributed by atoms with Crippen LogP contribution in [0.3, 0.4) is 0 Å². The molecule has 2 aromatic carbocycles. The van der Waals surface area contributed by atoms with E-state index in [0.29, 0.717) is 55.2 Å². The molecule has 10 nitrogen and oxygen atoms in total. The van der Waals surface area contributed by atoms with Crippen molar-refractivity contribution in [3.8, 4) is 11.8 Å². The molecule has 0 aliphatic carbocycles. The number of carbonyl (C=O) groups is 1. The van der Waals surface area contributed by atoms with Crippen molar-refractivity contribution in [1.82, 2.24) is 29.0 Å². The van der Waals surface area contributed by atoms with E-state index in [2.05, 4.69) is 37.5 Å². The number of fused-ring (bicyclic) bond motifs is 1. The van der Waals surface area contributed by atoms with E-state index in [0.717, 1.165) is 17.4 Å². The third kappa shape index (κ3) is 7.75. The summed E-state index contributed by atoms with van der Waals surface area (Å²) in [6.45, 7) is 4.72. The monoisotopic (exact) mass is 674 g/mol. The predicted molar refractivity (Wildman–Crippen MR) is 177 cm³/mol. The number of piperazine rings is 1. The Labute approximate surface area is 280 Å². The number of carbonyl (C=O) groups excluding carboxylic acids is 1. The van der Waals surface area contributed by atoms with E-state index in [1.807, 2.05) is 30.3 Å². The molecule has 4 heterocycles. The Morgan fingerprint density at radius 1 is 1.02 bits per heavy atom. The van der Waals surface area contributed by atoms with Gasteiger partial charge in [-0.05, 0) is 60.4 Å². The molecule has 0 radical (unpaired) electrons. The molecule has 14 heteroatoms. The predicted octanol–water partition coefficient (Wildman–Crippen LogP) is 5.04. The van der Waals surface area contributed by atoms with Crippen LogP contribution < -0.4 is 10.6 Å². The van der Waals surface area contributed by atoms with Crippen LogP contribution in [0, 0.1) is 24.6 Å². The van der Waals surface area contributed by atoms with Crippen molar-refractivity contribution in [2.45, 2.75) is 19.6 Å². The normalized spacial score (nSPS) is 14.1. The molecule has 0 atom stereocenters. The fourth-order valence-corrected chi connectivity index (χ4v) is 5.76. The van der Waals surface area contributed by atoms with Crippen molar-refractivity contribution < 1.29 is 27.5 Å². The molecule has 3 aromatic heterocycles. The van der Waals surface area contributed by atoms with Crippen LogP contribution in [0.2, 0.25) is 0 Å². The lowest BCUT2D eigenvalue weighted by Crippen LogP contribution is -2.46. The number of hydrogen-bond acceptors (Lipinski definition) is 7. The molecule has 0 spiro atoms. The highest BCUT2D eigenvalue weighted by atomic mass is 19.4. The van der Waals surface area contributed by atoms with Crippen LogP contribution in [0.1, 0.15) is 38.3 Å². The van der Waals surface area contributed by atoms with Gasteiger partial charge < -0.3 is 15.7 Å². The molecular weight excluding hydrogens is 640 g/mol. The zero-order valence-corrected chi connectivity index (χ0v) is 26.9. The molecule has 0 bridgehead atoms. The summed E-state index contributed by atoms with van der Waals surface area (Å²) in [6, 6.07) is 9.78. The van der Waals surface area contributed by atoms with Crippen molar-refractivity contribution in [2.24, 2.45) is 7.05 Å². The van der Waals surface area contributed by atoms with Crippen molar-refractivity contribution in [3.05, 3.63) is 107 Å². The third-order valence-corrected chi connectivity index (χ3v) is 8.35. The Kier molecular flexibility index (Phi) is 9.68. The molecule has 49 heavy (non-hydrogen) atoms. The Hall–Kier alpha value is -5.23. The van der Waals surface area contributed by atoms with Gasteiger partial charge in [-0.15, -0.1) is 0 Å². The van der Waals surface area contributed by atoms with Crippen LogP contribution in [0.4, 0.5) is 34.6 Å². The lowest BCUT2D eigenvalue weighted by atomic mass is 10.0. The molecule has 5 aromatic rings. The maximum absolute atomic E-state index is 15.1. The molecule has 1 saturated heterocycles. The number of aliphatic hydroxyl groups is 1. The van der Waals surface area contributed by atoms with E-state index < -0.39 is 23.5 Å². The first-order valence-corrected chi connectivity index (χ1v) is 15.6. The number of imidazole rings is 1. The second-order valence-corrected chi connectivity index (χ2v) is 11.8. The number of aliphatic hydroxyl groups excluding tert-OH is 1. The number of halogens is 4. The van der Waals surface area contributed by atoms with Crippen molar-refractivity contribution in [3.63, 3.8) is 0 Å². The van der Waals surface area contributed by atoms with Gasteiger partial charge in [-0.1, -0.05) is 12.0 Å². The second kappa shape index (κ2) is 14.1. The second-order valence-electron chi connectivity index (χ2n) is 11.8. The van der Waals surface area contributed by atoms with Gasteiger partial charge in [0, 0.05) is 70.0 Å². The minimum Gasteiger partial charge on any atom is -0.395 e. The summed E-state index contributed by atoms with van der Waals surface area (Å²) in [6.07, 6.45) is 2.25. The van der Waals surface area contributed by atoms with Crippen LogP contribution >= 0.6 is 0 Å². The van der Waals surface area contributed by atoms with Gasteiger partial charge in [-0.25, -0.2) is 9.37 Å². The SMILES string of the molecule is Cc1cc(F)c(C(=O)Nc2ccc(CN3CCN(CCO)CC3)c(C(F)(F)F)c2)cc1C#Cc1cnc2c(Nc3cnn(C)c3)cccn12. The molecule has 1 amide bonds. The van der Waals surface area contributed by atoms with Gasteiger partial charge in [0.25, 0.3) is 5.91 Å². The van der Waals surface area contributed by atoms with E-state index in [4.69, 9.17) is 5.11 Å². The maximum Gasteiger partial charge on any atom is 0.416 e. The number of pyridine rings is 1. The minimum atomic E-state index is -4.67. The first-order valence-electron chi connectivity index (χ1n) is 15.6. The lowest BCUT2D eigenvalue weighted by molar-refractivity contribution is -0.138. The van der Waals surface area contributed by atoms with Gasteiger partial charge in [-0.3, -0.25) is 23.7 Å². The number of nitrogens with one attached hydrogen (secondary N) is 2. The number of alkyl halides is 3. The largest absolute Gasteiger partial charge is 0.416 e. The number of nitrogens with zero attached hydrogens (tertiary/aromatic N) is 6. The summed E-state index contributed by atoms with van der Waals surface area (Å²) >= 11 is 0. The number of anilines is 3. The lowest BCUT2D eigenvalue weighted by Gasteiger charge is -2.34. The van der Waals surface area contributed by atoms with Crippen molar-refractivity contribution in [1.29, 1.82) is 0 Å². The molecule has 0 unspecified atom stereocenters. The van der Waals surface area contributed by atoms with Crippen LogP contribution in [-0.4, -0.2) is 79.3 Å². The topological polar surface area (TPSA) is 103 Å². The van der Waals surface area contributed by atoms with E-state index >= 15 is 4.39 Å². The molecule has 1 fully saturated rings. The molecular formula is C35H34F4N8O2. The molecule has 1 aliphatic heterocycles. The first kappa shape index (κ1) is 33.7. The molecule has 254 valence electrons. The molecule has 6 rings (SSSR count). The van der Waals surface area contributed by atoms with E-state index in [9.17, 15) is 18.0 Å². The Balaban J connectivity index is 1.20. The van der Waals surface area contributed by atoms with Crippen LogP contribution in [0.15, 0.2) is 67.3 Å². The van der Waals surface area contributed by atoms with Gasteiger partial charge in [0.15, 0.2) is 5.65 Å². The number of β-amino-alcohol motifs (C(OH)–C–C–N with tert-alkyl or cyclic N) is 1. The number of rotatable bonds is 8. The standard InChI is InChI=1S/C35H34F4N8O2/c1-23-16-31(36)29(17-24(23)6-8-28-20-40-33-32(4-3-9-47(28)33)42-27-19-41-44(2)22-27)34(49)43-26-7-5-25(30(18-26)35(37,38)39)21-46-12-10-45(11-13-46)14-15-48/h3-5,7,9,16-20,22,42,48H,10-15,21H2,1-2H3,(H,43,49). The highest BCUT2D eigenvalue weighted by molar-refractivity contribution is 6.04. The smallest absolute Gasteiger partial charge is 0.395 e. The zero-order chi connectivity index (χ0) is 34.7. The number of amides is 1. The fourth-order valence-electron chi connectivity index (χ4n) is 5.76. The quantitative estimate of drug-likeness (QED) is 0.157.